The summed E-state index contributed by atoms with van der Waals surface area (Å²) in [6, 6.07) is 12.7. The van der Waals surface area contributed by atoms with Gasteiger partial charge in [0.25, 0.3) is 0 Å². The van der Waals surface area contributed by atoms with Gasteiger partial charge in [-0.05, 0) is 23.8 Å². The minimum absolute atomic E-state index is 0.0958. The zero-order valence-corrected chi connectivity index (χ0v) is 13.2. The molecule has 2 N–H and O–H groups in total. The third-order valence-electron chi connectivity index (χ3n) is 3.82. The number of halogens is 3. The van der Waals surface area contributed by atoms with Gasteiger partial charge in [-0.3, -0.25) is 5.10 Å². The van der Waals surface area contributed by atoms with Crippen molar-refractivity contribution in [2.45, 2.75) is 12.7 Å². The molecule has 0 aliphatic carbocycles. The molecular weight excluding hydrogens is 347 g/mol. The first-order valence-electron chi connectivity index (χ1n) is 7.66. The van der Waals surface area contributed by atoms with Crippen LogP contribution >= 0.6 is 0 Å². The minimum Gasteiger partial charge on any atom is -0.381 e. The van der Waals surface area contributed by atoms with Gasteiger partial charge in [-0.15, -0.1) is 0 Å². The lowest BCUT2D eigenvalue weighted by Crippen LogP contribution is -2.04. The number of aromatic nitrogens is 4. The Hall–Kier alpha value is -3.36. The van der Waals surface area contributed by atoms with Gasteiger partial charge < -0.3 is 9.84 Å². The van der Waals surface area contributed by atoms with Gasteiger partial charge in [0.2, 0.25) is 5.82 Å². The van der Waals surface area contributed by atoms with Crippen molar-refractivity contribution in [3.8, 4) is 11.4 Å². The minimum atomic E-state index is -4.65. The number of benzene rings is 2. The van der Waals surface area contributed by atoms with Crippen LogP contribution < -0.4 is 5.32 Å². The predicted octanol–water partition coefficient (Wildman–Crippen LogP) is 4.24. The Morgan fingerprint density at radius 3 is 2.62 bits per heavy atom. The average molecular weight is 359 g/mol. The summed E-state index contributed by atoms with van der Waals surface area (Å²) in [6.45, 7) is 0.556. The Balaban J connectivity index is 1.45. The molecule has 9 heteroatoms. The van der Waals surface area contributed by atoms with E-state index < -0.39 is 12.1 Å². The van der Waals surface area contributed by atoms with Crippen molar-refractivity contribution in [2.24, 2.45) is 0 Å². The third kappa shape index (κ3) is 3.23. The maximum Gasteiger partial charge on any atom is 0.471 e. The summed E-state index contributed by atoms with van der Waals surface area (Å²) in [7, 11) is 0. The lowest BCUT2D eigenvalue weighted by atomic mass is 10.1. The van der Waals surface area contributed by atoms with E-state index in [1.54, 1.807) is 30.5 Å². The van der Waals surface area contributed by atoms with Crippen molar-refractivity contribution in [3.63, 3.8) is 0 Å². The standard InChI is InChI=1S/C17H12F3N5O/c18-17(19,20)16-23-15(25-26-16)11-3-1-10(2-4-11)8-21-13-6-5-12-9-22-24-14(12)7-13/h1-7,9,21H,8H2,(H,22,24). The van der Waals surface area contributed by atoms with E-state index in [-0.39, 0.29) is 5.82 Å². The Morgan fingerprint density at radius 1 is 1.08 bits per heavy atom. The summed E-state index contributed by atoms with van der Waals surface area (Å²) >= 11 is 0. The molecule has 0 radical (unpaired) electrons. The number of alkyl halides is 3. The molecule has 0 aliphatic rings. The zero-order chi connectivity index (χ0) is 18.1. The first-order chi connectivity index (χ1) is 12.5. The van der Waals surface area contributed by atoms with E-state index in [9.17, 15) is 13.2 Å². The largest absolute Gasteiger partial charge is 0.471 e. The fraction of sp³-hybridized carbons (Fsp3) is 0.118. The maximum absolute atomic E-state index is 12.5. The summed E-state index contributed by atoms with van der Waals surface area (Å²) in [5.41, 5.74) is 3.27. The van der Waals surface area contributed by atoms with Gasteiger partial charge in [0, 0.05) is 23.2 Å². The highest BCUT2D eigenvalue weighted by molar-refractivity contribution is 5.81. The fourth-order valence-corrected chi connectivity index (χ4v) is 2.48. The molecule has 0 amide bonds. The molecule has 0 saturated heterocycles. The molecule has 4 rings (SSSR count). The van der Waals surface area contributed by atoms with Gasteiger partial charge in [-0.2, -0.15) is 23.3 Å². The number of anilines is 1. The molecule has 4 aromatic rings. The summed E-state index contributed by atoms with van der Waals surface area (Å²) in [6.07, 6.45) is -2.90. The Kier molecular flexibility index (Phi) is 3.83. The van der Waals surface area contributed by atoms with E-state index in [0.29, 0.717) is 12.1 Å². The molecule has 0 spiro atoms. The first-order valence-corrected chi connectivity index (χ1v) is 7.66. The molecule has 2 aromatic heterocycles. The number of nitrogens with zero attached hydrogens (tertiary/aromatic N) is 3. The number of hydrogen-bond acceptors (Lipinski definition) is 5. The predicted molar refractivity (Wildman–Crippen MR) is 88.2 cm³/mol. The monoisotopic (exact) mass is 359 g/mol. The molecule has 2 aromatic carbocycles. The quantitative estimate of drug-likeness (QED) is 0.570. The number of fused-ring (bicyclic) bond motifs is 1. The normalized spacial score (nSPS) is 11.8. The van der Waals surface area contributed by atoms with Gasteiger partial charge in [-0.1, -0.05) is 29.4 Å². The van der Waals surface area contributed by atoms with E-state index in [4.69, 9.17) is 0 Å². The highest BCUT2D eigenvalue weighted by Gasteiger charge is 2.38. The fourth-order valence-electron chi connectivity index (χ4n) is 2.48. The average Bonchev–Trinajstić information content (AvgIpc) is 3.29. The van der Waals surface area contributed by atoms with Crippen LogP contribution in [0.15, 0.2) is 53.2 Å². The summed E-state index contributed by atoms with van der Waals surface area (Å²) < 4.78 is 41.8. The number of hydrogen-bond donors (Lipinski definition) is 2. The molecule has 0 unspecified atom stereocenters. The van der Waals surface area contributed by atoms with Crippen LogP contribution in [0, 0.1) is 0 Å². The lowest BCUT2D eigenvalue weighted by molar-refractivity contribution is -0.159. The van der Waals surface area contributed by atoms with E-state index >= 15 is 0 Å². The smallest absolute Gasteiger partial charge is 0.381 e. The Labute approximate surface area is 145 Å². The van der Waals surface area contributed by atoms with Gasteiger partial charge in [-0.25, -0.2) is 0 Å². The van der Waals surface area contributed by atoms with Crippen LogP contribution in [-0.4, -0.2) is 20.3 Å². The molecule has 6 nitrogen and oxygen atoms in total. The second kappa shape index (κ2) is 6.17. The number of nitrogens with one attached hydrogen (secondary N) is 2. The van der Waals surface area contributed by atoms with Gasteiger partial charge >= 0.3 is 12.1 Å². The van der Waals surface area contributed by atoms with Crippen LogP contribution in [0.5, 0.6) is 0 Å². The number of aromatic amines is 1. The van der Waals surface area contributed by atoms with Crippen LogP contribution in [0.2, 0.25) is 0 Å². The number of H-pyrrole nitrogens is 1. The van der Waals surface area contributed by atoms with Crippen LogP contribution in [0.1, 0.15) is 11.5 Å². The molecule has 0 aliphatic heterocycles. The molecular formula is C17H12F3N5O. The van der Waals surface area contributed by atoms with E-state index in [1.165, 1.54) is 0 Å². The summed E-state index contributed by atoms with van der Waals surface area (Å²) in [4.78, 5) is 3.37. The van der Waals surface area contributed by atoms with E-state index in [0.717, 1.165) is 22.2 Å². The topological polar surface area (TPSA) is 79.6 Å². The molecule has 0 fully saturated rings. The van der Waals surface area contributed by atoms with Crippen molar-refractivity contribution in [2.75, 3.05) is 5.32 Å². The first kappa shape index (κ1) is 16.1. The van der Waals surface area contributed by atoms with Crippen molar-refractivity contribution < 1.29 is 17.7 Å². The highest BCUT2D eigenvalue weighted by atomic mass is 19.4. The zero-order valence-electron chi connectivity index (χ0n) is 13.2. The van der Waals surface area contributed by atoms with Gasteiger partial charge in [0.15, 0.2) is 0 Å². The van der Waals surface area contributed by atoms with Gasteiger partial charge in [0.1, 0.15) is 0 Å². The second-order valence-electron chi connectivity index (χ2n) is 5.64. The SMILES string of the molecule is FC(F)(F)c1nc(-c2ccc(CNc3ccc4cn[nH]c4c3)cc2)no1. The van der Waals surface area contributed by atoms with Crippen LogP contribution in [0.25, 0.3) is 22.3 Å². The lowest BCUT2D eigenvalue weighted by Gasteiger charge is -2.07. The Bertz CT molecular complexity index is 1040. The van der Waals surface area contributed by atoms with Crippen LogP contribution in [0.3, 0.4) is 0 Å². The summed E-state index contributed by atoms with van der Waals surface area (Å²) in [5, 5.41) is 14.6. The van der Waals surface area contributed by atoms with Crippen molar-refractivity contribution in [1.29, 1.82) is 0 Å². The van der Waals surface area contributed by atoms with E-state index in [2.05, 4.69) is 30.2 Å². The van der Waals surface area contributed by atoms with Gasteiger partial charge in [0.05, 0.1) is 11.7 Å². The molecule has 132 valence electrons. The van der Waals surface area contributed by atoms with Crippen molar-refractivity contribution in [3.05, 3.63) is 60.1 Å². The third-order valence-corrected chi connectivity index (χ3v) is 3.82. The highest BCUT2D eigenvalue weighted by Crippen LogP contribution is 2.29. The number of rotatable bonds is 4. The van der Waals surface area contributed by atoms with Crippen LogP contribution in [-0.2, 0) is 12.7 Å². The Morgan fingerprint density at radius 2 is 1.88 bits per heavy atom. The van der Waals surface area contributed by atoms with Crippen molar-refractivity contribution >= 4 is 16.6 Å². The van der Waals surface area contributed by atoms with E-state index in [1.807, 2.05) is 18.2 Å². The molecule has 0 saturated carbocycles. The molecule has 0 atom stereocenters. The van der Waals surface area contributed by atoms with Crippen molar-refractivity contribution in [1.82, 2.24) is 20.3 Å². The molecule has 26 heavy (non-hydrogen) atoms. The maximum atomic E-state index is 12.5. The second-order valence-corrected chi connectivity index (χ2v) is 5.64. The molecule has 2 heterocycles. The summed E-state index contributed by atoms with van der Waals surface area (Å²) in [5.74, 6) is -1.45. The molecule has 0 bridgehead atoms. The van der Waals surface area contributed by atoms with Crippen LogP contribution in [0.4, 0.5) is 18.9 Å².